The number of rotatable bonds is 3. The molecular weight excluding hydrogens is 741 g/mol. The molecule has 0 atom stereocenters. The van der Waals surface area contributed by atoms with Crippen molar-refractivity contribution in [2.45, 2.75) is 19.3 Å². The Kier molecular flexibility index (Phi) is 7.04. The summed E-state index contributed by atoms with van der Waals surface area (Å²) in [7, 11) is 0. The molecule has 0 bridgehead atoms. The minimum absolute atomic E-state index is 0.128. The second-order valence-electron chi connectivity index (χ2n) is 17.1. The maximum absolute atomic E-state index is 2.51. The summed E-state index contributed by atoms with van der Waals surface area (Å²) in [5.74, 6) is 0. The molecule has 0 radical (unpaired) electrons. The monoisotopic (exact) mass is 778 g/mol. The van der Waals surface area contributed by atoms with Crippen LogP contribution in [-0.4, -0.2) is 0 Å². The molecule has 0 N–H and O–H groups in total. The molecule has 1 heteroatoms. The van der Waals surface area contributed by atoms with E-state index in [0.717, 1.165) is 0 Å². The van der Waals surface area contributed by atoms with Gasteiger partial charge in [-0.25, -0.2) is 0 Å². The topological polar surface area (TPSA) is 0 Å². The average molecular weight is 779 g/mol. The minimum Gasteiger partial charge on any atom is -0.134 e. The molecule has 1 heterocycles. The SMILES string of the molecule is CC1(C)c2ccccc2-c2c(-c3ccc4cc(-c5c6ccccc6c(-c6cccc7ccccc67)c6ccccc56)ccc4c3)cc3c(sc4c5ccccc5ccc34)c21. The summed E-state index contributed by atoms with van der Waals surface area (Å²) < 4.78 is 2.79. The molecular formula is C59H38S. The van der Waals surface area contributed by atoms with E-state index in [0.29, 0.717) is 0 Å². The van der Waals surface area contributed by atoms with Crippen molar-refractivity contribution in [3.63, 3.8) is 0 Å². The number of fused-ring (bicyclic) bond motifs is 13. The van der Waals surface area contributed by atoms with Crippen LogP contribution < -0.4 is 0 Å². The van der Waals surface area contributed by atoms with E-state index < -0.39 is 0 Å². The van der Waals surface area contributed by atoms with Gasteiger partial charge in [-0.3, -0.25) is 0 Å². The van der Waals surface area contributed by atoms with E-state index in [1.54, 1.807) is 0 Å². The summed E-state index contributed by atoms with van der Waals surface area (Å²) in [5.41, 5.74) is 13.2. The van der Waals surface area contributed by atoms with E-state index in [9.17, 15) is 0 Å². The zero-order valence-corrected chi connectivity index (χ0v) is 34.2. The van der Waals surface area contributed by atoms with Crippen LogP contribution in [0.4, 0.5) is 0 Å². The van der Waals surface area contributed by atoms with E-state index in [1.807, 2.05) is 11.3 Å². The van der Waals surface area contributed by atoms with Gasteiger partial charge in [-0.05, 0) is 128 Å². The molecule has 0 nitrogen and oxygen atoms in total. The summed E-state index contributed by atoms with van der Waals surface area (Å²) in [6.07, 6.45) is 0. The van der Waals surface area contributed by atoms with Gasteiger partial charge >= 0.3 is 0 Å². The highest BCUT2D eigenvalue weighted by molar-refractivity contribution is 7.27. The molecule has 12 aromatic rings. The summed E-state index contributed by atoms with van der Waals surface area (Å²) in [6, 6.07) is 72.8. The van der Waals surface area contributed by atoms with Crippen LogP contribution in [0.25, 0.3) is 119 Å². The van der Waals surface area contributed by atoms with Crippen molar-refractivity contribution in [2.75, 3.05) is 0 Å². The molecule has 280 valence electrons. The third-order valence-electron chi connectivity index (χ3n) is 13.6. The molecule has 1 aliphatic carbocycles. The van der Waals surface area contributed by atoms with E-state index in [1.165, 1.54) is 130 Å². The quantitative estimate of drug-likeness (QED) is 0.157. The first kappa shape index (κ1) is 33.9. The maximum atomic E-state index is 2.51. The molecule has 13 rings (SSSR count). The van der Waals surface area contributed by atoms with Crippen LogP contribution in [0.3, 0.4) is 0 Å². The summed E-state index contributed by atoms with van der Waals surface area (Å²) in [6.45, 7) is 4.85. The molecule has 11 aromatic carbocycles. The van der Waals surface area contributed by atoms with Crippen LogP contribution in [-0.2, 0) is 5.41 Å². The van der Waals surface area contributed by atoms with Gasteiger partial charge in [-0.1, -0.05) is 190 Å². The molecule has 1 aromatic heterocycles. The van der Waals surface area contributed by atoms with Gasteiger partial charge in [-0.2, -0.15) is 0 Å². The Labute approximate surface area is 352 Å². The Morgan fingerprint density at radius 3 is 1.58 bits per heavy atom. The van der Waals surface area contributed by atoms with Gasteiger partial charge in [0.25, 0.3) is 0 Å². The smallest absolute Gasteiger partial charge is 0.0433 e. The highest BCUT2D eigenvalue weighted by atomic mass is 32.1. The van der Waals surface area contributed by atoms with Crippen LogP contribution in [0.15, 0.2) is 194 Å². The molecule has 0 unspecified atom stereocenters. The van der Waals surface area contributed by atoms with Crippen molar-refractivity contribution in [3.8, 4) is 44.5 Å². The minimum atomic E-state index is -0.128. The fourth-order valence-corrected chi connectivity index (χ4v) is 12.4. The number of thiophene rings is 1. The lowest BCUT2D eigenvalue weighted by Gasteiger charge is -2.23. The second kappa shape index (κ2) is 12.5. The van der Waals surface area contributed by atoms with Crippen molar-refractivity contribution in [1.82, 2.24) is 0 Å². The van der Waals surface area contributed by atoms with E-state index in [2.05, 4.69) is 208 Å². The molecule has 0 aliphatic heterocycles. The Hall–Kier alpha value is -7.06. The third-order valence-corrected chi connectivity index (χ3v) is 14.9. The molecule has 1 aliphatic rings. The summed E-state index contributed by atoms with van der Waals surface area (Å²) in [5, 5.41) is 15.5. The van der Waals surface area contributed by atoms with Crippen LogP contribution in [0, 0.1) is 0 Å². The predicted molar refractivity (Wildman–Crippen MR) is 261 cm³/mol. The van der Waals surface area contributed by atoms with Gasteiger partial charge in [0, 0.05) is 25.6 Å². The van der Waals surface area contributed by atoms with Gasteiger partial charge in [0.05, 0.1) is 0 Å². The van der Waals surface area contributed by atoms with Crippen molar-refractivity contribution in [2.24, 2.45) is 0 Å². The Morgan fingerprint density at radius 1 is 0.317 bits per heavy atom. The standard InChI is InChI=1S/C59H38S/c1-59(2)52-25-12-11-23-49(52)55-50(34-51-48-31-30-36-15-4-6-18-42(36)57(48)60-58(51)56(55)59)39-28-26-38-33-40(29-27-37(38)32-39)53-44-19-7-9-21-46(44)54(47-22-10-8-20-45(47)53)43-24-13-16-35-14-3-5-17-41(35)43/h3-34H,1-2H3. The summed E-state index contributed by atoms with van der Waals surface area (Å²) in [4.78, 5) is 0. The Morgan fingerprint density at radius 2 is 0.850 bits per heavy atom. The highest BCUT2D eigenvalue weighted by Gasteiger charge is 2.39. The van der Waals surface area contributed by atoms with Gasteiger partial charge in [0.2, 0.25) is 0 Å². The largest absolute Gasteiger partial charge is 0.134 e. The van der Waals surface area contributed by atoms with E-state index in [4.69, 9.17) is 0 Å². The van der Waals surface area contributed by atoms with Crippen molar-refractivity contribution in [1.29, 1.82) is 0 Å². The van der Waals surface area contributed by atoms with Gasteiger partial charge in [0.15, 0.2) is 0 Å². The number of hydrogen-bond donors (Lipinski definition) is 0. The van der Waals surface area contributed by atoms with Crippen LogP contribution >= 0.6 is 11.3 Å². The molecule has 0 saturated carbocycles. The first-order valence-electron chi connectivity index (χ1n) is 21.0. The maximum Gasteiger partial charge on any atom is 0.0433 e. The Bertz CT molecular complexity index is 3740. The third kappa shape index (κ3) is 4.67. The molecule has 60 heavy (non-hydrogen) atoms. The van der Waals surface area contributed by atoms with Crippen molar-refractivity contribution in [3.05, 3.63) is 205 Å². The zero-order chi connectivity index (χ0) is 39.7. The van der Waals surface area contributed by atoms with E-state index >= 15 is 0 Å². The Balaban J connectivity index is 1.03. The lowest BCUT2D eigenvalue weighted by Crippen LogP contribution is -2.15. The summed E-state index contributed by atoms with van der Waals surface area (Å²) >= 11 is 1.98. The molecule has 0 amide bonds. The normalized spacial score (nSPS) is 13.3. The molecule has 0 saturated heterocycles. The number of benzene rings is 11. The lowest BCUT2D eigenvalue weighted by molar-refractivity contribution is 0.667. The highest BCUT2D eigenvalue weighted by Crippen LogP contribution is 2.57. The zero-order valence-electron chi connectivity index (χ0n) is 33.4. The van der Waals surface area contributed by atoms with Crippen molar-refractivity contribution >= 4 is 85.4 Å². The van der Waals surface area contributed by atoms with Gasteiger partial charge in [0.1, 0.15) is 0 Å². The van der Waals surface area contributed by atoms with Crippen LogP contribution in [0.2, 0.25) is 0 Å². The fraction of sp³-hybridized carbons (Fsp3) is 0.0508. The van der Waals surface area contributed by atoms with Crippen LogP contribution in [0.1, 0.15) is 25.0 Å². The second-order valence-corrected chi connectivity index (χ2v) is 18.2. The van der Waals surface area contributed by atoms with Crippen molar-refractivity contribution < 1.29 is 0 Å². The first-order chi connectivity index (χ1) is 29.5. The van der Waals surface area contributed by atoms with Gasteiger partial charge < -0.3 is 0 Å². The first-order valence-corrected chi connectivity index (χ1v) is 21.8. The fourth-order valence-electron chi connectivity index (χ4n) is 10.9. The average Bonchev–Trinajstić information content (AvgIpc) is 3.79. The lowest BCUT2D eigenvalue weighted by atomic mass is 9.81. The molecule has 0 spiro atoms. The number of hydrogen-bond acceptors (Lipinski definition) is 1. The molecule has 0 fully saturated rings. The predicted octanol–water partition coefficient (Wildman–Crippen LogP) is 17.1. The van der Waals surface area contributed by atoms with E-state index in [-0.39, 0.29) is 5.41 Å². The van der Waals surface area contributed by atoms with Crippen LogP contribution in [0.5, 0.6) is 0 Å². The van der Waals surface area contributed by atoms with Gasteiger partial charge in [-0.15, -0.1) is 11.3 Å².